The summed E-state index contributed by atoms with van der Waals surface area (Å²) in [7, 11) is 0. The zero-order valence-corrected chi connectivity index (χ0v) is 8.68. The number of rotatable bonds is 5. The van der Waals surface area contributed by atoms with Crippen LogP contribution in [0.15, 0.2) is 0 Å². The number of amides is 1. The van der Waals surface area contributed by atoms with Gasteiger partial charge in [-0.1, -0.05) is 0 Å². The molecule has 1 heterocycles. The van der Waals surface area contributed by atoms with Crippen molar-refractivity contribution in [2.75, 3.05) is 19.6 Å². The third-order valence-electron chi connectivity index (χ3n) is 2.32. The van der Waals surface area contributed by atoms with E-state index in [-0.39, 0.29) is 0 Å². The van der Waals surface area contributed by atoms with Gasteiger partial charge >= 0.3 is 11.9 Å². The van der Waals surface area contributed by atoms with Crippen LogP contribution >= 0.6 is 0 Å². The molecule has 0 aliphatic carbocycles. The third-order valence-corrected chi connectivity index (χ3v) is 2.32. The van der Waals surface area contributed by atoms with Crippen LogP contribution in [0.3, 0.4) is 0 Å². The second-order valence-electron chi connectivity index (χ2n) is 3.63. The first kappa shape index (κ1) is 12.4. The van der Waals surface area contributed by atoms with Gasteiger partial charge in [-0.2, -0.15) is 0 Å². The number of carbonyl (C=O) groups is 3. The zero-order valence-electron chi connectivity index (χ0n) is 8.68. The standard InChI is InChI=1S/C9H14N2O5/c12-7(13)4-11(5-8(14)15)9(16)6-2-1-3-10-6/h6,10H,1-5H2,(H,12,13)(H,14,15). The first-order valence-electron chi connectivity index (χ1n) is 4.96. The second-order valence-corrected chi connectivity index (χ2v) is 3.63. The minimum absolute atomic E-state index is 0.446. The lowest BCUT2D eigenvalue weighted by Gasteiger charge is -2.22. The molecule has 1 rings (SSSR count). The number of carboxylic acids is 2. The molecule has 3 N–H and O–H groups in total. The van der Waals surface area contributed by atoms with E-state index < -0.39 is 37.0 Å². The van der Waals surface area contributed by atoms with Crippen molar-refractivity contribution in [3.63, 3.8) is 0 Å². The summed E-state index contributed by atoms with van der Waals surface area (Å²) in [6.07, 6.45) is 1.46. The van der Waals surface area contributed by atoms with Crippen LogP contribution in [-0.4, -0.2) is 58.6 Å². The van der Waals surface area contributed by atoms with E-state index in [4.69, 9.17) is 10.2 Å². The van der Waals surface area contributed by atoms with Crippen molar-refractivity contribution in [2.24, 2.45) is 0 Å². The fraction of sp³-hybridized carbons (Fsp3) is 0.667. The van der Waals surface area contributed by atoms with Crippen LogP contribution in [0, 0.1) is 0 Å². The highest BCUT2D eigenvalue weighted by Gasteiger charge is 2.29. The second kappa shape index (κ2) is 5.45. The maximum Gasteiger partial charge on any atom is 0.323 e. The van der Waals surface area contributed by atoms with E-state index in [1.165, 1.54) is 0 Å². The maximum absolute atomic E-state index is 11.8. The van der Waals surface area contributed by atoms with Gasteiger partial charge in [-0.3, -0.25) is 14.4 Å². The summed E-state index contributed by atoms with van der Waals surface area (Å²) in [6, 6.07) is -0.446. The topological polar surface area (TPSA) is 107 Å². The van der Waals surface area contributed by atoms with Crippen molar-refractivity contribution in [3.8, 4) is 0 Å². The van der Waals surface area contributed by atoms with Crippen LogP contribution in [0.25, 0.3) is 0 Å². The third kappa shape index (κ3) is 3.50. The summed E-state index contributed by atoms with van der Waals surface area (Å²) in [4.78, 5) is 33.6. The molecule has 0 aromatic carbocycles. The average Bonchev–Trinajstić information content (AvgIpc) is 2.66. The van der Waals surface area contributed by atoms with Crippen LogP contribution < -0.4 is 5.32 Å². The van der Waals surface area contributed by atoms with Crippen molar-refractivity contribution in [3.05, 3.63) is 0 Å². The number of carbonyl (C=O) groups excluding carboxylic acids is 1. The fourth-order valence-corrected chi connectivity index (χ4v) is 1.65. The molecule has 16 heavy (non-hydrogen) atoms. The molecule has 1 unspecified atom stereocenters. The minimum Gasteiger partial charge on any atom is -0.480 e. The van der Waals surface area contributed by atoms with Crippen molar-refractivity contribution in [1.82, 2.24) is 10.2 Å². The Balaban J connectivity index is 2.62. The molecule has 0 aromatic heterocycles. The smallest absolute Gasteiger partial charge is 0.323 e. The Hall–Kier alpha value is -1.63. The quantitative estimate of drug-likeness (QED) is 0.544. The highest BCUT2D eigenvalue weighted by atomic mass is 16.4. The largest absolute Gasteiger partial charge is 0.480 e. The van der Waals surface area contributed by atoms with Crippen molar-refractivity contribution in [2.45, 2.75) is 18.9 Å². The summed E-state index contributed by atoms with van der Waals surface area (Å²) < 4.78 is 0. The Bertz CT molecular complexity index is 282. The summed E-state index contributed by atoms with van der Waals surface area (Å²) in [5.41, 5.74) is 0. The van der Waals surface area contributed by atoms with Crippen LogP contribution in [0.4, 0.5) is 0 Å². The monoisotopic (exact) mass is 230 g/mol. The van der Waals surface area contributed by atoms with E-state index in [0.717, 1.165) is 11.3 Å². The van der Waals surface area contributed by atoms with E-state index >= 15 is 0 Å². The first-order valence-corrected chi connectivity index (χ1v) is 4.96. The molecule has 7 heteroatoms. The van der Waals surface area contributed by atoms with Crippen molar-refractivity contribution in [1.29, 1.82) is 0 Å². The number of carboxylic acid groups (broad SMARTS) is 2. The van der Waals surface area contributed by atoms with Crippen molar-refractivity contribution >= 4 is 17.8 Å². The molecule has 0 spiro atoms. The Kier molecular flexibility index (Phi) is 4.24. The van der Waals surface area contributed by atoms with Gasteiger partial charge in [-0.05, 0) is 19.4 Å². The molecule has 0 bridgehead atoms. The number of hydrogen-bond acceptors (Lipinski definition) is 4. The molecular formula is C9H14N2O5. The zero-order chi connectivity index (χ0) is 12.1. The van der Waals surface area contributed by atoms with Gasteiger partial charge in [0, 0.05) is 0 Å². The molecule has 1 amide bonds. The van der Waals surface area contributed by atoms with Crippen LogP contribution in [0.1, 0.15) is 12.8 Å². The maximum atomic E-state index is 11.8. The Morgan fingerprint density at radius 3 is 2.12 bits per heavy atom. The molecular weight excluding hydrogens is 216 g/mol. The molecule has 1 saturated heterocycles. The SMILES string of the molecule is O=C(O)CN(CC(=O)O)C(=O)C1CCCN1. The van der Waals surface area contributed by atoms with Gasteiger partial charge in [0.25, 0.3) is 0 Å². The average molecular weight is 230 g/mol. The Morgan fingerprint density at radius 2 is 1.75 bits per heavy atom. The van der Waals surface area contributed by atoms with E-state index in [1.807, 2.05) is 0 Å². The lowest BCUT2D eigenvalue weighted by atomic mass is 10.2. The summed E-state index contributed by atoms with van der Waals surface area (Å²) >= 11 is 0. The first-order chi connectivity index (χ1) is 7.50. The molecule has 0 radical (unpaired) electrons. The molecule has 0 aromatic rings. The molecule has 7 nitrogen and oxygen atoms in total. The van der Waals surface area contributed by atoms with Gasteiger partial charge in [-0.25, -0.2) is 0 Å². The summed E-state index contributed by atoms with van der Waals surface area (Å²) in [5, 5.41) is 20.1. The van der Waals surface area contributed by atoms with Crippen LogP contribution in [0.2, 0.25) is 0 Å². The Labute approximate surface area is 92.0 Å². The minimum atomic E-state index is -1.22. The molecule has 1 aliphatic heterocycles. The normalized spacial score (nSPS) is 19.4. The Morgan fingerprint density at radius 1 is 1.19 bits per heavy atom. The summed E-state index contributed by atoms with van der Waals surface area (Å²) in [5.74, 6) is -2.89. The van der Waals surface area contributed by atoms with Gasteiger partial charge < -0.3 is 20.4 Å². The van der Waals surface area contributed by atoms with Crippen LogP contribution in [0.5, 0.6) is 0 Å². The number of hydrogen-bond donors (Lipinski definition) is 3. The van der Waals surface area contributed by atoms with Crippen molar-refractivity contribution < 1.29 is 24.6 Å². The molecule has 1 atom stereocenters. The van der Waals surface area contributed by atoms with E-state index in [9.17, 15) is 14.4 Å². The van der Waals surface area contributed by atoms with E-state index in [0.29, 0.717) is 13.0 Å². The predicted octanol–water partition coefficient (Wildman–Crippen LogP) is -1.26. The van der Waals surface area contributed by atoms with Gasteiger partial charge in [-0.15, -0.1) is 0 Å². The highest BCUT2D eigenvalue weighted by molar-refractivity contribution is 5.88. The van der Waals surface area contributed by atoms with Gasteiger partial charge in [0.2, 0.25) is 5.91 Å². The molecule has 1 aliphatic rings. The summed E-state index contributed by atoms with van der Waals surface area (Å²) in [6.45, 7) is -0.461. The lowest BCUT2D eigenvalue weighted by Crippen LogP contribution is -2.47. The van der Waals surface area contributed by atoms with Gasteiger partial charge in [0.1, 0.15) is 13.1 Å². The molecule has 1 fully saturated rings. The predicted molar refractivity (Wildman–Crippen MR) is 52.9 cm³/mol. The molecule has 90 valence electrons. The highest BCUT2D eigenvalue weighted by Crippen LogP contribution is 2.08. The van der Waals surface area contributed by atoms with Crippen LogP contribution in [-0.2, 0) is 14.4 Å². The molecule has 0 saturated carbocycles. The van der Waals surface area contributed by atoms with Gasteiger partial charge in [0.15, 0.2) is 0 Å². The van der Waals surface area contributed by atoms with Gasteiger partial charge in [0.05, 0.1) is 6.04 Å². The fourth-order valence-electron chi connectivity index (χ4n) is 1.65. The van der Waals surface area contributed by atoms with E-state index in [2.05, 4.69) is 5.32 Å². The lowest BCUT2D eigenvalue weighted by molar-refractivity contribution is -0.150. The van der Waals surface area contributed by atoms with E-state index in [1.54, 1.807) is 0 Å². The number of nitrogens with zero attached hydrogens (tertiary/aromatic N) is 1. The number of aliphatic carboxylic acids is 2. The number of nitrogens with one attached hydrogen (secondary N) is 1.